The van der Waals surface area contributed by atoms with Crippen LogP contribution in [0.5, 0.6) is 0 Å². The Morgan fingerprint density at radius 2 is 1.69 bits per heavy atom. The molecule has 0 radical (unpaired) electrons. The Balaban J connectivity index is 1.44. The van der Waals surface area contributed by atoms with Crippen LogP contribution in [0, 0.1) is 5.92 Å². The van der Waals surface area contributed by atoms with Gasteiger partial charge < -0.3 is 10.6 Å². The van der Waals surface area contributed by atoms with Crippen LogP contribution in [-0.4, -0.2) is 23.1 Å². The van der Waals surface area contributed by atoms with Gasteiger partial charge in [0.05, 0.1) is 0 Å². The van der Waals surface area contributed by atoms with Gasteiger partial charge >= 0.3 is 0 Å². The van der Waals surface area contributed by atoms with Crippen LogP contribution in [0.3, 0.4) is 0 Å². The van der Waals surface area contributed by atoms with E-state index in [9.17, 15) is 14.4 Å². The molecule has 1 saturated carbocycles. The average molecular weight is 390 g/mol. The number of hydrogen-bond acceptors (Lipinski definition) is 3. The lowest BCUT2D eigenvalue weighted by Gasteiger charge is -2.22. The average Bonchev–Trinajstić information content (AvgIpc) is 3.30. The third kappa shape index (κ3) is 3.95. The molecule has 4 rings (SSSR count). The molecule has 5 nitrogen and oxygen atoms in total. The standard InChI is InChI=1S/C24H26N2O3/c1-24(15-16-7-3-2-4-8-16)21(27)20(23(29)26-24)22(28)25-19-13-11-18(12-14-19)17-9-5-6-10-17/h2-4,7-8,11-14,17,20H,5-6,9-10,15H2,1H3,(H,25,28)(H,26,29). The van der Waals surface area contributed by atoms with Crippen molar-refractivity contribution >= 4 is 23.3 Å². The van der Waals surface area contributed by atoms with Gasteiger partial charge in [0.2, 0.25) is 11.8 Å². The Hall–Kier alpha value is -2.95. The molecule has 150 valence electrons. The molecule has 1 saturated heterocycles. The highest BCUT2D eigenvalue weighted by Crippen LogP contribution is 2.34. The number of anilines is 1. The Morgan fingerprint density at radius 3 is 2.34 bits per heavy atom. The van der Waals surface area contributed by atoms with E-state index >= 15 is 0 Å². The number of amides is 2. The molecule has 0 aromatic heterocycles. The maximum Gasteiger partial charge on any atom is 0.244 e. The van der Waals surface area contributed by atoms with Crippen LogP contribution in [0.15, 0.2) is 54.6 Å². The minimum Gasteiger partial charge on any atom is -0.342 e. The molecule has 2 amide bonds. The minimum absolute atomic E-state index is 0.359. The first kappa shape index (κ1) is 19.4. The third-order valence-corrected chi connectivity index (χ3v) is 6.13. The second kappa shape index (κ2) is 7.82. The predicted molar refractivity (Wildman–Crippen MR) is 111 cm³/mol. The van der Waals surface area contributed by atoms with E-state index in [0.29, 0.717) is 18.0 Å². The van der Waals surface area contributed by atoms with E-state index in [2.05, 4.69) is 10.6 Å². The maximum absolute atomic E-state index is 13.0. The first-order valence-corrected chi connectivity index (χ1v) is 10.3. The van der Waals surface area contributed by atoms with Crippen LogP contribution >= 0.6 is 0 Å². The minimum atomic E-state index is -1.32. The van der Waals surface area contributed by atoms with Crippen molar-refractivity contribution in [3.05, 3.63) is 65.7 Å². The molecule has 29 heavy (non-hydrogen) atoms. The van der Waals surface area contributed by atoms with Gasteiger partial charge in [0, 0.05) is 12.1 Å². The molecule has 1 heterocycles. The molecule has 2 aromatic rings. The SMILES string of the molecule is CC1(Cc2ccccc2)NC(=O)C(C(=O)Nc2ccc(C3CCCC3)cc2)C1=O. The van der Waals surface area contributed by atoms with Crippen molar-refractivity contribution in [2.24, 2.45) is 5.92 Å². The van der Waals surface area contributed by atoms with Gasteiger partial charge in [-0.1, -0.05) is 55.3 Å². The summed E-state index contributed by atoms with van der Waals surface area (Å²) in [5.74, 6) is -2.21. The van der Waals surface area contributed by atoms with Gasteiger partial charge in [0.1, 0.15) is 5.54 Å². The highest BCUT2D eigenvalue weighted by atomic mass is 16.2. The molecule has 1 aliphatic heterocycles. The van der Waals surface area contributed by atoms with E-state index in [1.54, 1.807) is 6.92 Å². The summed E-state index contributed by atoms with van der Waals surface area (Å²) in [4.78, 5) is 38.1. The molecular weight excluding hydrogens is 364 g/mol. The van der Waals surface area contributed by atoms with E-state index < -0.39 is 23.3 Å². The molecule has 2 unspecified atom stereocenters. The second-order valence-electron chi connectivity index (χ2n) is 8.37. The second-order valence-corrected chi connectivity index (χ2v) is 8.37. The number of nitrogens with one attached hydrogen (secondary N) is 2. The number of hydrogen-bond donors (Lipinski definition) is 2. The van der Waals surface area contributed by atoms with Gasteiger partial charge in [0.25, 0.3) is 0 Å². The van der Waals surface area contributed by atoms with Crippen molar-refractivity contribution < 1.29 is 14.4 Å². The van der Waals surface area contributed by atoms with Crippen molar-refractivity contribution in [2.45, 2.75) is 50.5 Å². The van der Waals surface area contributed by atoms with Crippen LogP contribution in [0.25, 0.3) is 0 Å². The molecule has 1 aliphatic carbocycles. The largest absolute Gasteiger partial charge is 0.342 e. The lowest BCUT2D eigenvalue weighted by molar-refractivity contribution is -0.135. The summed E-state index contributed by atoms with van der Waals surface area (Å²) < 4.78 is 0. The molecule has 2 aliphatic rings. The Morgan fingerprint density at radius 1 is 1.03 bits per heavy atom. The van der Waals surface area contributed by atoms with E-state index in [4.69, 9.17) is 0 Å². The number of carbonyl (C=O) groups is 3. The fourth-order valence-electron chi connectivity index (χ4n) is 4.53. The topological polar surface area (TPSA) is 75.3 Å². The summed E-state index contributed by atoms with van der Waals surface area (Å²) in [7, 11) is 0. The first-order chi connectivity index (χ1) is 14.0. The van der Waals surface area contributed by atoms with E-state index in [1.807, 2.05) is 54.6 Å². The third-order valence-electron chi connectivity index (χ3n) is 6.13. The van der Waals surface area contributed by atoms with Gasteiger partial charge in [-0.15, -0.1) is 0 Å². The molecule has 2 atom stereocenters. The summed E-state index contributed by atoms with van der Waals surface area (Å²) in [5, 5.41) is 5.49. The summed E-state index contributed by atoms with van der Waals surface area (Å²) in [6.07, 6.45) is 5.32. The van der Waals surface area contributed by atoms with E-state index in [0.717, 1.165) is 5.56 Å². The Bertz CT molecular complexity index is 917. The summed E-state index contributed by atoms with van der Waals surface area (Å²) in [5.41, 5.74) is 1.75. The van der Waals surface area contributed by atoms with E-state index in [-0.39, 0.29) is 5.78 Å². The van der Waals surface area contributed by atoms with Crippen LogP contribution in [0.4, 0.5) is 5.69 Å². The van der Waals surface area contributed by atoms with Crippen molar-refractivity contribution in [3.8, 4) is 0 Å². The number of carbonyl (C=O) groups excluding carboxylic acids is 3. The van der Waals surface area contributed by atoms with Crippen LogP contribution in [0.1, 0.15) is 49.7 Å². The summed E-state index contributed by atoms with van der Waals surface area (Å²) >= 11 is 0. The molecular formula is C24H26N2O3. The molecule has 0 bridgehead atoms. The monoisotopic (exact) mass is 390 g/mol. The van der Waals surface area contributed by atoms with Crippen LogP contribution < -0.4 is 10.6 Å². The zero-order valence-corrected chi connectivity index (χ0v) is 16.6. The van der Waals surface area contributed by atoms with Crippen molar-refractivity contribution in [2.75, 3.05) is 5.32 Å². The molecule has 2 fully saturated rings. The van der Waals surface area contributed by atoms with Gasteiger partial charge in [-0.25, -0.2) is 0 Å². The molecule has 0 spiro atoms. The van der Waals surface area contributed by atoms with Gasteiger partial charge in [-0.05, 0) is 48.9 Å². The summed E-state index contributed by atoms with van der Waals surface area (Å²) in [6, 6.07) is 17.3. The molecule has 2 N–H and O–H groups in total. The fourth-order valence-corrected chi connectivity index (χ4v) is 4.53. The van der Waals surface area contributed by atoms with Crippen molar-refractivity contribution in [1.29, 1.82) is 0 Å². The smallest absolute Gasteiger partial charge is 0.244 e. The number of ketones is 1. The van der Waals surface area contributed by atoms with E-state index in [1.165, 1.54) is 31.2 Å². The lowest BCUT2D eigenvalue weighted by Crippen LogP contribution is -2.45. The first-order valence-electron chi connectivity index (χ1n) is 10.3. The van der Waals surface area contributed by atoms with Crippen molar-refractivity contribution in [1.82, 2.24) is 5.32 Å². The lowest BCUT2D eigenvalue weighted by atomic mass is 9.86. The van der Waals surface area contributed by atoms with Gasteiger partial charge in [-0.3, -0.25) is 14.4 Å². The van der Waals surface area contributed by atoms with Crippen LogP contribution in [0.2, 0.25) is 0 Å². The zero-order valence-electron chi connectivity index (χ0n) is 16.6. The highest BCUT2D eigenvalue weighted by Gasteiger charge is 2.52. The van der Waals surface area contributed by atoms with Crippen LogP contribution in [-0.2, 0) is 20.8 Å². The Labute approximate surface area is 170 Å². The predicted octanol–water partition coefficient (Wildman–Crippen LogP) is 3.60. The number of rotatable bonds is 5. The highest BCUT2D eigenvalue weighted by molar-refractivity contribution is 6.27. The van der Waals surface area contributed by atoms with Gasteiger partial charge in [0.15, 0.2) is 11.7 Å². The van der Waals surface area contributed by atoms with Crippen molar-refractivity contribution in [3.63, 3.8) is 0 Å². The zero-order chi connectivity index (χ0) is 20.4. The number of benzene rings is 2. The Kier molecular flexibility index (Phi) is 5.22. The molecule has 5 heteroatoms. The normalized spacial score (nSPS) is 24.5. The molecule has 2 aromatic carbocycles. The maximum atomic E-state index is 13.0. The quantitative estimate of drug-likeness (QED) is 0.766. The number of Topliss-reactive ketones (excluding diaryl/α,β-unsaturated/α-hetero) is 1. The summed E-state index contributed by atoms with van der Waals surface area (Å²) in [6.45, 7) is 1.68. The fraction of sp³-hybridized carbons (Fsp3) is 0.375. The van der Waals surface area contributed by atoms with Gasteiger partial charge in [-0.2, -0.15) is 0 Å².